The minimum absolute atomic E-state index is 0.0368. The van der Waals surface area contributed by atoms with Crippen molar-refractivity contribution in [1.29, 1.82) is 0 Å². The molecular weight excluding hydrogens is 588 g/mol. The highest BCUT2D eigenvalue weighted by Crippen LogP contribution is 2.64. The van der Waals surface area contributed by atoms with Crippen molar-refractivity contribution >= 4 is 17.9 Å². The Bertz CT molecular complexity index is 1620. The molecule has 12 heteroatoms. The van der Waals surface area contributed by atoms with Crippen LogP contribution in [-0.4, -0.2) is 72.6 Å². The lowest BCUT2D eigenvalue weighted by molar-refractivity contribution is -0.177. The average molecular weight is 623 g/mol. The summed E-state index contributed by atoms with van der Waals surface area (Å²) in [6, 6.07) is 14.5. The van der Waals surface area contributed by atoms with E-state index in [1.165, 1.54) is 13.2 Å². The van der Waals surface area contributed by atoms with E-state index < -0.39 is 47.9 Å². The Kier molecular flexibility index (Phi) is 8.78. The van der Waals surface area contributed by atoms with Crippen LogP contribution in [-0.2, 0) is 24.5 Å². The van der Waals surface area contributed by atoms with E-state index in [-0.39, 0.29) is 24.7 Å². The van der Waals surface area contributed by atoms with Gasteiger partial charge in [-0.2, -0.15) is 0 Å². The third-order valence-electron chi connectivity index (χ3n) is 8.16. The van der Waals surface area contributed by atoms with Gasteiger partial charge in [0.25, 0.3) is 0 Å². The maximum absolute atomic E-state index is 14.0. The topological polar surface area (TPSA) is 167 Å². The second-order valence-corrected chi connectivity index (χ2v) is 10.6. The predicted molar refractivity (Wildman–Crippen MR) is 158 cm³/mol. The zero-order valence-corrected chi connectivity index (χ0v) is 25.0. The normalized spacial score (nSPS) is 21.2. The van der Waals surface area contributed by atoms with Crippen molar-refractivity contribution in [3.05, 3.63) is 76.9 Å². The van der Waals surface area contributed by atoms with Gasteiger partial charge in [0.1, 0.15) is 17.2 Å². The molecule has 45 heavy (non-hydrogen) atoms. The van der Waals surface area contributed by atoms with Crippen LogP contribution in [0.2, 0.25) is 0 Å². The fourth-order valence-electron chi connectivity index (χ4n) is 6.56. The van der Waals surface area contributed by atoms with E-state index in [1.54, 1.807) is 55.5 Å². The largest absolute Gasteiger partial charge is 0.497 e. The van der Waals surface area contributed by atoms with Crippen LogP contribution in [0.5, 0.6) is 28.7 Å². The van der Waals surface area contributed by atoms with Crippen LogP contribution in [0.1, 0.15) is 54.9 Å². The van der Waals surface area contributed by atoms with Crippen LogP contribution in [0.4, 0.5) is 0 Å². The Morgan fingerprint density at radius 3 is 2.29 bits per heavy atom. The summed E-state index contributed by atoms with van der Waals surface area (Å²) in [5, 5.41) is 31.3. The summed E-state index contributed by atoms with van der Waals surface area (Å²) >= 11 is 0. The Morgan fingerprint density at radius 2 is 1.62 bits per heavy atom. The number of carbonyl (C=O) groups is 3. The van der Waals surface area contributed by atoms with Crippen molar-refractivity contribution in [2.75, 3.05) is 33.7 Å². The zero-order valence-electron chi connectivity index (χ0n) is 25.0. The van der Waals surface area contributed by atoms with Gasteiger partial charge < -0.3 is 43.7 Å². The quantitative estimate of drug-likeness (QED) is 0.232. The van der Waals surface area contributed by atoms with Gasteiger partial charge in [0.15, 0.2) is 23.7 Å². The second kappa shape index (κ2) is 12.6. The SMILES string of the molecule is CCCOc1ccc2c(c1)C(c1ccc(OC)cc1OCC(=O)O)C(OCC)(C(=O)O)C2(CC(=O)O)c1ccc2c(c1)OCO2. The predicted octanol–water partition coefficient (Wildman–Crippen LogP) is 4.44. The van der Waals surface area contributed by atoms with Gasteiger partial charge in [-0.1, -0.05) is 25.1 Å². The van der Waals surface area contributed by atoms with Crippen molar-refractivity contribution in [2.24, 2.45) is 0 Å². The standard InChI is InChI=1S/C33H34O12/c1-4-12-41-21-8-10-24-23(14-21)30(22-9-7-20(40-3)15-26(22)42-17-29(36)37)33(31(38)39,45-5-2)32(24,16-28(34)35)19-6-11-25-27(13-19)44-18-43-25/h6-11,13-15,30H,4-5,12,16-18H2,1-3H3,(H,34,35)(H,36,37)(H,38,39). The molecule has 0 aromatic heterocycles. The number of rotatable bonds is 14. The molecule has 12 nitrogen and oxygen atoms in total. The van der Waals surface area contributed by atoms with E-state index in [2.05, 4.69) is 0 Å². The fourth-order valence-corrected chi connectivity index (χ4v) is 6.56. The number of ether oxygens (including phenoxy) is 6. The number of aliphatic carboxylic acids is 3. The lowest BCUT2D eigenvalue weighted by atomic mass is 9.61. The summed E-state index contributed by atoms with van der Waals surface area (Å²) in [5.74, 6) is -3.59. The number of fused-ring (bicyclic) bond motifs is 2. The molecule has 238 valence electrons. The first-order valence-electron chi connectivity index (χ1n) is 14.4. The van der Waals surface area contributed by atoms with Crippen molar-refractivity contribution in [2.45, 2.75) is 43.6 Å². The van der Waals surface area contributed by atoms with E-state index in [4.69, 9.17) is 28.4 Å². The second-order valence-electron chi connectivity index (χ2n) is 10.6. The van der Waals surface area contributed by atoms with Crippen LogP contribution < -0.4 is 23.7 Å². The summed E-state index contributed by atoms with van der Waals surface area (Å²) in [5.41, 5.74) is -2.76. The van der Waals surface area contributed by atoms with Crippen molar-refractivity contribution < 1.29 is 58.1 Å². The molecule has 1 heterocycles. The number of methoxy groups -OCH3 is 1. The smallest absolute Gasteiger partial charge is 0.341 e. The van der Waals surface area contributed by atoms with Crippen LogP contribution >= 0.6 is 0 Å². The van der Waals surface area contributed by atoms with Crippen LogP contribution in [0.25, 0.3) is 0 Å². The van der Waals surface area contributed by atoms with Gasteiger partial charge in [-0.15, -0.1) is 0 Å². The highest BCUT2D eigenvalue weighted by molar-refractivity contribution is 5.90. The third kappa shape index (κ3) is 5.24. The van der Waals surface area contributed by atoms with Gasteiger partial charge >= 0.3 is 17.9 Å². The summed E-state index contributed by atoms with van der Waals surface area (Å²) in [4.78, 5) is 38.4. The van der Waals surface area contributed by atoms with E-state index >= 15 is 0 Å². The Balaban J connectivity index is 1.91. The molecule has 3 atom stereocenters. The molecule has 0 spiro atoms. The van der Waals surface area contributed by atoms with Crippen LogP contribution in [0.3, 0.4) is 0 Å². The number of benzene rings is 3. The summed E-state index contributed by atoms with van der Waals surface area (Å²) in [7, 11) is 1.43. The molecule has 0 saturated heterocycles. The number of hydrogen-bond donors (Lipinski definition) is 3. The molecule has 0 amide bonds. The van der Waals surface area contributed by atoms with E-state index in [0.717, 1.165) is 0 Å². The third-order valence-corrected chi connectivity index (χ3v) is 8.16. The monoisotopic (exact) mass is 622 g/mol. The summed E-state index contributed by atoms with van der Waals surface area (Å²) in [6.07, 6.45) is 0.0312. The maximum atomic E-state index is 14.0. The van der Waals surface area contributed by atoms with E-state index in [9.17, 15) is 29.7 Å². The molecule has 0 saturated carbocycles. The average Bonchev–Trinajstić information content (AvgIpc) is 3.58. The van der Waals surface area contributed by atoms with Gasteiger partial charge in [-0.05, 0) is 60.4 Å². The molecular formula is C33H34O12. The Hall–Kier alpha value is -4.97. The van der Waals surface area contributed by atoms with Crippen molar-refractivity contribution in [3.8, 4) is 28.7 Å². The van der Waals surface area contributed by atoms with Gasteiger partial charge in [-0.3, -0.25) is 4.79 Å². The number of hydrogen-bond acceptors (Lipinski definition) is 9. The van der Waals surface area contributed by atoms with Gasteiger partial charge in [0, 0.05) is 18.2 Å². The van der Waals surface area contributed by atoms with Crippen molar-refractivity contribution in [3.63, 3.8) is 0 Å². The first-order valence-corrected chi connectivity index (χ1v) is 14.4. The Morgan fingerprint density at radius 1 is 0.867 bits per heavy atom. The highest BCUT2D eigenvalue weighted by Gasteiger charge is 2.71. The molecule has 0 bridgehead atoms. The lowest BCUT2D eigenvalue weighted by Gasteiger charge is -2.45. The molecule has 3 aromatic carbocycles. The molecule has 1 aliphatic heterocycles. The first kappa shape index (κ1) is 31.5. The molecule has 0 radical (unpaired) electrons. The highest BCUT2D eigenvalue weighted by atomic mass is 16.7. The Labute approximate surface area is 259 Å². The molecule has 0 fully saturated rings. The molecule has 5 rings (SSSR count). The van der Waals surface area contributed by atoms with Crippen LogP contribution in [0, 0.1) is 0 Å². The van der Waals surface area contributed by atoms with Gasteiger partial charge in [-0.25, -0.2) is 9.59 Å². The first-order chi connectivity index (χ1) is 21.6. The summed E-state index contributed by atoms with van der Waals surface area (Å²) < 4.78 is 34.5. The fraction of sp³-hybridized carbons (Fsp3) is 0.364. The van der Waals surface area contributed by atoms with Gasteiger partial charge in [0.2, 0.25) is 6.79 Å². The number of carboxylic acids is 3. The molecule has 2 aliphatic rings. The van der Waals surface area contributed by atoms with Crippen LogP contribution in [0.15, 0.2) is 54.6 Å². The maximum Gasteiger partial charge on any atom is 0.341 e. The van der Waals surface area contributed by atoms with Crippen molar-refractivity contribution in [1.82, 2.24) is 0 Å². The molecule has 3 N–H and O–H groups in total. The van der Waals surface area contributed by atoms with E-state index in [0.29, 0.717) is 52.7 Å². The summed E-state index contributed by atoms with van der Waals surface area (Å²) in [6.45, 7) is 3.08. The zero-order chi connectivity index (χ0) is 32.4. The molecule has 3 aromatic rings. The molecule has 3 unspecified atom stereocenters. The minimum Gasteiger partial charge on any atom is -0.497 e. The van der Waals surface area contributed by atoms with Gasteiger partial charge in [0.05, 0.1) is 31.5 Å². The minimum atomic E-state index is -2.30. The molecule has 1 aliphatic carbocycles. The van der Waals surface area contributed by atoms with E-state index in [1.807, 2.05) is 6.92 Å². The number of carboxylic acid groups (broad SMARTS) is 3. The lowest BCUT2D eigenvalue weighted by Crippen LogP contribution is -2.60.